The molecule has 14 heavy (non-hydrogen) atoms. The summed E-state index contributed by atoms with van der Waals surface area (Å²) in [5.41, 5.74) is 0. The topological polar surface area (TPSA) is 70.4 Å². The quantitative estimate of drug-likeness (QED) is 0.623. The number of nitriles is 1. The largest absolute Gasteiger partial charge is 0.381 e. The fourth-order valence-electron chi connectivity index (χ4n) is 1.42. The van der Waals surface area contributed by atoms with Crippen molar-refractivity contribution in [3.63, 3.8) is 0 Å². The molecular formula is C8H14N2O3S. The van der Waals surface area contributed by atoms with E-state index in [1.165, 1.54) is 7.05 Å². The van der Waals surface area contributed by atoms with Crippen molar-refractivity contribution in [1.82, 2.24) is 4.31 Å². The van der Waals surface area contributed by atoms with Gasteiger partial charge in [-0.25, -0.2) is 8.42 Å². The Bertz CT molecular complexity index is 314. The van der Waals surface area contributed by atoms with Crippen LogP contribution >= 0.6 is 0 Å². The van der Waals surface area contributed by atoms with Crippen LogP contribution in [-0.4, -0.2) is 44.8 Å². The molecule has 1 heterocycles. The third-order valence-corrected chi connectivity index (χ3v) is 4.63. The van der Waals surface area contributed by atoms with E-state index in [0.717, 1.165) is 4.31 Å². The molecule has 5 nitrogen and oxygen atoms in total. The lowest BCUT2D eigenvalue weighted by Gasteiger charge is -2.25. The Morgan fingerprint density at radius 1 is 1.50 bits per heavy atom. The summed E-state index contributed by atoms with van der Waals surface area (Å²) >= 11 is 0. The summed E-state index contributed by atoms with van der Waals surface area (Å²) in [6, 6.07) is 1.83. The van der Waals surface area contributed by atoms with Crippen LogP contribution in [0, 0.1) is 11.3 Å². The molecule has 80 valence electrons. The Labute approximate surface area is 84.3 Å². The van der Waals surface area contributed by atoms with Gasteiger partial charge in [-0.1, -0.05) is 0 Å². The van der Waals surface area contributed by atoms with Gasteiger partial charge in [-0.2, -0.15) is 9.57 Å². The van der Waals surface area contributed by atoms with Crippen LogP contribution in [0.25, 0.3) is 0 Å². The molecule has 0 radical (unpaired) electrons. The normalized spacial score (nSPS) is 19.5. The van der Waals surface area contributed by atoms with E-state index in [-0.39, 0.29) is 11.8 Å². The van der Waals surface area contributed by atoms with E-state index in [9.17, 15) is 8.42 Å². The molecule has 0 saturated carbocycles. The zero-order valence-electron chi connectivity index (χ0n) is 8.14. The van der Waals surface area contributed by atoms with Crippen molar-refractivity contribution in [3.8, 4) is 6.07 Å². The number of nitrogens with zero attached hydrogens (tertiary/aromatic N) is 2. The average Bonchev–Trinajstić information content (AvgIpc) is 2.19. The van der Waals surface area contributed by atoms with E-state index in [2.05, 4.69) is 0 Å². The summed E-state index contributed by atoms with van der Waals surface area (Å²) < 4.78 is 29.8. The van der Waals surface area contributed by atoms with E-state index < -0.39 is 10.0 Å². The van der Waals surface area contributed by atoms with Crippen LogP contribution in [-0.2, 0) is 14.8 Å². The minimum Gasteiger partial charge on any atom is -0.381 e. The molecule has 1 aliphatic heterocycles. The maximum atomic E-state index is 11.8. The molecule has 0 aromatic carbocycles. The van der Waals surface area contributed by atoms with Crippen molar-refractivity contribution in [1.29, 1.82) is 5.26 Å². The molecule has 0 N–H and O–H groups in total. The van der Waals surface area contributed by atoms with Crippen molar-refractivity contribution in [2.45, 2.75) is 18.1 Å². The Morgan fingerprint density at radius 2 is 2.07 bits per heavy atom. The smallest absolute Gasteiger partial charge is 0.217 e. The maximum absolute atomic E-state index is 11.8. The summed E-state index contributed by atoms with van der Waals surface area (Å²) in [7, 11) is -1.85. The van der Waals surface area contributed by atoms with Crippen LogP contribution in [0.15, 0.2) is 0 Å². The van der Waals surface area contributed by atoms with Gasteiger partial charge in [0.1, 0.15) is 6.54 Å². The van der Waals surface area contributed by atoms with Crippen LogP contribution in [0.1, 0.15) is 12.8 Å². The van der Waals surface area contributed by atoms with E-state index in [1.807, 2.05) is 6.07 Å². The minimum atomic E-state index is -3.29. The second-order valence-corrected chi connectivity index (χ2v) is 5.59. The van der Waals surface area contributed by atoms with Gasteiger partial charge >= 0.3 is 0 Å². The van der Waals surface area contributed by atoms with Gasteiger partial charge in [0.05, 0.1) is 11.3 Å². The summed E-state index contributed by atoms with van der Waals surface area (Å²) in [5.74, 6) is 0. The number of sulfonamides is 1. The van der Waals surface area contributed by atoms with Gasteiger partial charge in [-0.15, -0.1) is 0 Å². The third-order valence-electron chi connectivity index (χ3n) is 2.32. The fourth-order valence-corrected chi connectivity index (χ4v) is 2.95. The van der Waals surface area contributed by atoms with Crippen molar-refractivity contribution >= 4 is 10.0 Å². The first-order valence-electron chi connectivity index (χ1n) is 4.49. The van der Waals surface area contributed by atoms with Gasteiger partial charge in [0.15, 0.2) is 0 Å². The first kappa shape index (κ1) is 11.4. The summed E-state index contributed by atoms with van der Waals surface area (Å²) in [5, 5.41) is 8.04. The SMILES string of the molecule is CN(CC#N)S(=O)(=O)C1CCOCC1. The van der Waals surface area contributed by atoms with Crippen molar-refractivity contribution in [2.24, 2.45) is 0 Å². The van der Waals surface area contributed by atoms with Gasteiger partial charge in [0, 0.05) is 20.3 Å². The molecule has 0 bridgehead atoms. The number of hydrogen-bond acceptors (Lipinski definition) is 4. The molecule has 1 aliphatic rings. The standard InChI is InChI=1S/C8H14N2O3S/c1-10(5-4-9)14(11,12)8-2-6-13-7-3-8/h8H,2-3,5-7H2,1H3. The highest BCUT2D eigenvalue weighted by molar-refractivity contribution is 7.89. The van der Waals surface area contributed by atoms with Crippen LogP contribution < -0.4 is 0 Å². The Balaban J connectivity index is 2.68. The predicted octanol–water partition coefficient (Wildman–Crippen LogP) is -0.0494. The zero-order chi connectivity index (χ0) is 10.6. The molecule has 1 fully saturated rings. The molecule has 1 saturated heterocycles. The minimum absolute atomic E-state index is 0.0836. The van der Waals surface area contributed by atoms with Crippen molar-refractivity contribution < 1.29 is 13.2 Å². The molecule has 0 aromatic heterocycles. The molecular weight excluding hydrogens is 204 g/mol. The van der Waals surface area contributed by atoms with E-state index in [4.69, 9.17) is 10.00 Å². The van der Waals surface area contributed by atoms with Gasteiger partial charge in [0.2, 0.25) is 10.0 Å². The van der Waals surface area contributed by atoms with Crippen molar-refractivity contribution in [2.75, 3.05) is 26.8 Å². The lowest BCUT2D eigenvalue weighted by Crippen LogP contribution is -2.39. The van der Waals surface area contributed by atoms with Crippen LogP contribution in [0.2, 0.25) is 0 Å². The molecule has 0 aliphatic carbocycles. The molecule has 6 heteroatoms. The lowest BCUT2D eigenvalue weighted by atomic mass is 10.2. The Kier molecular flexibility index (Phi) is 3.86. The second kappa shape index (κ2) is 4.73. The lowest BCUT2D eigenvalue weighted by molar-refractivity contribution is 0.0975. The second-order valence-electron chi connectivity index (χ2n) is 3.27. The fraction of sp³-hybridized carbons (Fsp3) is 0.875. The monoisotopic (exact) mass is 218 g/mol. The third kappa shape index (κ3) is 2.44. The molecule has 0 aromatic rings. The highest BCUT2D eigenvalue weighted by atomic mass is 32.2. The molecule has 0 spiro atoms. The summed E-state index contributed by atoms with van der Waals surface area (Å²) in [6.45, 7) is 0.897. The van der Waals surface area contributed by atoms with Crippen LogP contribution in [0.5, 0.6) is 0 Å². The zero-order valence-corrected chi connectivity index (χ0v) is 8.96. The van der Waals surface area contributed by atoms with E-state index >= 15 is 0 Å². The summed E-state index contributed by atoms with van der Waals surface area (Å²) in [6.07, 6.45) is 1.05. The molecule has 0 amide bonds. The number of hydrogen-bond donors (Lipinski definition) is 0. The van der Waals surface area contributed by atoms with Crippen molar-refractivity contribution in [3.05, 3.63) is 0 Å². The highest BCUT2D eigenvalue weighted by Gasteiger charge is 2.30. The predicted molar refractivity (Wildman–Crippen MR) is 51.0 cm³/mol. The van der Waals surface area contributed by atoms with Gasteiger partial charge in [0.25, 0.3) is 0 Å². The summed E-state index contributed by atoms with van der Waals surface area (Å²) in [4.78, 5) is 0. The van der Waals surface area contributed by atoms with Crippen LogP contribution in [0.3, 0.4) is 0 Å². The number of ether oxygens (including phenoxy) is 1. The van der Waals surface area contributed by atoms with E-state index in [0.29, 0.717) is 26.1 Å². The molecule has 1 rings (SSSR count). The van der Waals surface area contributed by atoms with Gasteiger partial charge < -0.3 is 4.74 Å². The first-order chi connectivity index (χ1) is 6.59. The first-order valence-corrected chi connectivity index (χ1v) is 5.99. The van der Waals surface area contributed by atoms with Gasteiger partial charge in [-0.3, -0.25) is 0 Å². The highest BCUT2D eigenvalue weighted by Crippen LogP contribution is 2.18. The van der Waals surface area contributed by atoms with E-state index in [1.54, 1.807) is 0 Å². The molecule has 0 unspecified atom stereocenters. The van der Waals surface area contributed by atoms with Crippen LogP contribution in [0.4, 0.5) is 0 Å². The molecule has 0 atom stereocenters. The number of rotatable bonds is 3. The Hall–Kier alpha value is -0.640. The Morgan fingerprint density at radius 3 is 2.57 bits per heavy atom. The average molecular weight is 218 g/mol. The van der Waals surface area contributed by atoms with Gasteiger partial charge in [-0.05, 0) is 12.8 Å². The maximum Gasteiger partial charge on any atom is 0.217 e.